The zero-order chi connectivity index (χ0) is 25.0. The largest absolute Gasteiger partial charge is 0.457 e. The van der Waals surface area contributed by atoms with E-state index in [0.29, 0.717) is 11.3 Å². The number of aromatic nitrogens is 3. The van der Waals surface area contributed by atoms with E-state index in [1.807, 2.05) is 13.8 Å². The number of oxazole rings is 1. The van der Waals surface area contributed by atoms with Gasteiger partial charge in [-0.1, -0.05) is 13.8 Å². The molecule has 0 amide bonds. The third-order valence-corrected chi connectivity index (χ3v) is 5.00. The Morgan fingerprint density at radius 1 is 1.21 bits per heavy atom. The van der Waals surface area contributed by atoms with E-state index in [4.69, 9.17) is 14.9 Å². The molecule has 34 heavy (non-hydrogen) atoms. The van der Waals surface area contributed by atoms with Gasteiger partial charge in [-0.15, -0.1) is 0 Å². The summed E-state index contributed by atoms with van der Waals surface area (Å²) in [4.78, 5) is 53.6. The number of ketones is 1. The van der Waals surface area contributed by atoms with E-state index in [1.54, 1.807) is 12.1 Å². The average molecular weight is 472 g/mol. The lowest BCUT2D eigenvalue weighted by molar-refractivity contribution is -0.142. The molecule has 0 atom stereocenters. The van der Waals surface area contributed by atoms with Crippen molar-refractivity contribution in [2.45, 2.75) is 33.2 Å². The molecule has 11 heteroatoms. The molecule has 3 rings (SSSR count). The number of carbonyl (C=O) groups is 2. The Morgan fingerprint density at radius 3 is 2.53 bits per heavy atom. The molecule has 3 aromatic rings. The first-order valence-corrected chi connectivity index (χ1v) is 10.6. The molecule has 0 radical (unpaired) electrons. The van der Waals surface area contributed by atoms with Crippen LogP contribution in [0.25, 0.3) is 11.3 Å². The highest BCUT2D eigenvalue weighted by atomic mass is 19.1. The fourth-order valence-corrected chi connectivity index (χ4v) is 3.26. The van der Waals surface area contributed by atoms with Gasteiger partial charge in [-0.05, 0) is 30.2 Å². The summed E-state index contributed by atoms with van der Waals surface area (Å²) in [5.74, 6) is -1.42. The number of hydrogen-bond acceptors (Lipinski definition) is 8. The predicted octanol–water partition coefficient (Wildman–Crippen LogP) is 1.94. The smallest absolute Gasteiger partial charge is 0.332 e. The van der Waals surface area contributed by atoms with Crippen LogP contribution in [0.4, 0.5) is 10.2 Å². The summed E-state index contributed by atoms with van der Waals surface area (Å²) < 4.78 is 25.5. The van der Waals surface area contributed by atoms with E-state index >= 15 is 0 Å². The number of ether oxygens (including phenoxy) is 1. The van der Waals surface area contributed by atoms with E-state index < -0.39 is 35.2 Å². The molecule has 0 aliphatic heterocycles. The Morgan fingerprint density at radius 2 is 1.88 bits per heavy atom. The summed E-state index contributed by atoms with van der Waals surface area (Å²) in [6.45, 7) is 3.23. The fourth-order valence-electron chi connectivity index (χ4n) is 3.26. The summed E-state index contributed by atoms with van der Waals surface area (Å²) in [7, 11) is 1.25. The Kier molecular flexibility index (Phi) is 7.44. The van der Waals surface area contributed by atoms with Crippen molar-refractivity contribution in [3.8, 4) is 11.3 Å². The number of hydrogen-bond donors (Lipinski definition) is 1. The second kappa shape index (κ2) is 10.3. The maximum atomic E-state index is 13.0. The molecule has 2 N–H and O–H groups in total. The van der Waals surface area contributed by atoms with Crippen LogP contribution in [0.1, 0.15) is 36.5 Å². The van der Waals surface area contributed by atoms with Crippen molar-refractivity contribution in [2.24, 2.45) is 13.0 Å². The summed E-state index contributed by atoms with van der Waals surface area (Å²) in [5.41, 5.74) is 4.70. The lowest BCUT2D eigenvalue weighted by Gasteiger charge is -2.16. The van der Waals surface area contributed by atoms with Gasteiger partial charge in [0.05, 0.1) is 12.6 Å². The van der Waals surface area contributed by atoms with Crippen molar-refractivity contribution in [3.05, 3.63) is 68.6 Å². The van der Waals surface area contributed by atoms with Gasteiger partial charge >= 0.3 is 11.7 Å². The van der Waals surface area contributed by atoms with Gasteiger partial charge in [0, 0.05) is 25.6 Å². The molecule has 180 valence electrons. The highest BCUT2D eigenvalue weighted by molar-refractivity contribution is 6.01. The molecule has 0 fully saturated rings. The van der Waals surface area contributed by atoms with Gasteiger partial charge in [0.2, 0.25) is 5.78 Å². The highest BCUT2D eigenvalue weighted by Gasteiger charge is 2.23. The molecule has 2 aromatic heterocycles. The molecular weight excluding hydrogens is 447 g/mol. The van der Waals surface area contributed by atoms with Gasteiger partial charge in [0.1, 0.15) is 17.2 Å². The Labute approximate surface area is 193 Å². The van der Waals surface area contributed by atoms with Crippen molar-refractivity contribution in [2.75, 3.05) is 12.3 Å². The predicted molar refractivity (Wildman–Crippen MR) is 121 cm³/mol. The van der Waals surface area contributed by atoms with Gasteiger partial charge in [0.15, 0.2) is 18.3 Å². The average Bonchev–Trinajstić information content (AvgIpc) is 3.27. The third-order valence-electron chi connectivity index (χ3n) is 5.00. The van der Waals surface area contributed by atoms with E-state index in [2.05, 4.69) is 4.98 Å². The summed E-state index contributed by atoms with van der Waals surface area (Å²) in [6.07, 6.45) is 1.44. The number of nitrogens with two attached hydrogens (primary N) is 1. The fraction of sp³-hybridized carbons (Fsp3) is 0.348. The molecule has 2 heterocycles. The Bertz CT molecular complexity index is 1320. The van der Waals surface area contributed by atoms with Crippen LogP contribution in [0.2, 0.25) is 0 Å². The molecule has 0 bridgehead atoms. The van der Waals surface area contributed by atoms with Crippen LogP contribution in [0.3, 0.4) is 0 Å². The van der Waals surface area contributed by atoms with Gasteiger partial charge < -0.3 is 14.9 Å². The zero-order valence-corrected chi connectivity index (χ0v) is 19.0. The molecule has 0 unspecified atom stereocenters. The van der Waals surface area contributed by atoms with Crippen molar-refractivity contribution in [1.82, 2.24) is 14.1 Å². The minimum Gasteiger partial charge on any atom is -0.457 e. The molecule has 0 spiro atoms. The molecular formula is C23H25FN4O6. The van der Waals surface area contributed by atoms with Gasteiger partial charge in [-0.3, -0.25) is 23.5 Å². The van der Waals surface area contributed by atoms with Crippen LogP contribution in [0.15, 0.2) is 44.5 Å². The monoisotopic (exact) mass is 472 g/mol. The normalized spacial score (nSPS) is 11.1. The third kappa shape index (κ3) is 5.48. The Balaban J connectivity index is 1.62. The molecule has 0 saturated carbocycles. The van der Waals surface area contributed by atoms with Crippen molar-refractivity contribution in [3.63, 3.8) is 0 Å². The lowest BCUT2D eigenvalue weighted by Crippen LogP contribution is -2.43. The number of rotatable bonds is 9. The van der Waals surface area contributed by atoms with Crippen LogP contribution < -0.4 is 17.0 Å². The van der Waals surface area contributed by atoms with Crippen LogP contribution in [-0.4, -0.2) is 32.5 Å². The second-order valence-corrected chi connectivity index (χ2v) is 8.12. The summed E-state index contributed by atoms with van der Waals surface area (Å²) >= 11 is 0. The molecule has 1 aromatic carbocycles. The molecule has 0 aliphatic carbocycles. The number of benzene rings is 1. The SMILES string of the molecule is CC(C)Cn1c(N)c(C(=O)COC(=O)CCc2ncc(-c3ccc(F)cc3)o2)c(=O)n(C)c1=O. The van der Waals surface area contributed by atoms with Crippen molar-refractivity contribution >= 4 is 17.6 Å². The number of halogens is 1. The zero-order valence-electron chi connectivity index (χ0n) is 19.0. The quantitative estimate of drug-likeness (QED) is 0.368. The number of aryl methyl sites for hydroxylation is 1. The maximum Gasteiger partial charge on any atom is 0.332 e. The number of carbonyl (C=O) groups excluding carboxylic acids is 2. The van der Waals surface area contributed by atoms with E-state index in [9.17, 15) is 23.6 Å². The first-order valence-electron chi connectivity index (χ1n) is 10.6. The van der Waals surface area contributed by atoms with Crippen LogP contribution in [0, 0.1) is 11.7 Å². The number of anilines is 1. The van der Waals surface area contributed by atoms with Crippen LogP contribution in [0.5, 0.6) is 0 Å². The number of esters is 1. The highest BCUT2D eigenvalue weighted by Crippen LogP contribution is 2.21. The Hall–Kier alpha value is -4.02. The standard InChI is InChI=1S/C23H25FN4O6/c1-13(2)11-28-21(25)20(22(31)27(3)23(28)32)16(29)12-33-19(30)9-8-18-26-10-17(34-18)14-4-6-15(24)7-5-14/h4-7,10,13H,8-9,11-12,25H2,1-3H3. The topological polar surface area (TPSA) is 139 Å². The minimum absolute atomic E-state index is 0.0389. The van der Waals surface area contributed by atoms with Gasteiger partial charge in [-0.2, -0.15) is 0 Å². The molecule has 10 nitrogen and oxygen atoms in total. The number of nitrogen functional groups attached to an aromatic ring is 1. The summed E-state index contributed by atoms with van der Waals surface area (Å²) in [5, 5.41) is 0. The second-order valence-electron chi connectivity index (χ2n) is 8.12. The van der Waals surface area contributed by atoms with Crippen molar-refractivity contribution < 1.29 is 23.1 Å². The van der Waals surface area contributed by atoms with Gasteiger partial charge in [-0.25, -0.2) is 14.2 Å². The van der Waals surface area contributed by atoms with Gasteiger partial charge in [0.25, 0.3) is 5.56 Å². The first kappa shape index (κ1) is 24.6. The molecule has 0 saturated heterocycles. The van der Waals surface area contributed by atoms with E-state index in [-0.39, 0.29) is 42.8 Å². The maximum absolute atomic E-state index is 13.0. The molecule has 0 aliphatic rings. The summed E-state index contributed by atoms with van der Waals surface area (Å²) in [6, 6.07) is 5.67. The van der Waals surface area contributed by atoms with Crippen LogP contribution >= 0.6 is 0 Å². The van der Waals surface area contributed by atoms with E-state index in [0.717, 1.165) is 9.13 Å². The first-order chi connectivity index (χ1) is 16.1. The lowest BCUT2D eigenvalue weighted by atomic mass is 10.1. The minimum atomic E-state index is -0.850. The van der Waals surface area contributed by atoms with Crippen LogP contribution in [-0.2, 0) is 29.5 Å². The van der Waals surface area contributed by atoms with E-state index in [1.165, 1.54) is 25.4 Å². The van der Waals surface area contributed by atoms with Crippen molar-refractivity contribution in [1.29, 1.82) is 0 Å². The number of Topliss-reactive ketones (excluding diaryl/α,β-unsaturated/α-hetero) is 1. The number of nitrogens with zero attached hydrogens (tertiary/aromatic N) is 3.